The van der Waals surface area contributed by atoms with E-state index in [1.54, 1.807) is 30.5 Å². The maximum atomic E-state index is 12.5. The molecule has 1 N–H and O–H groups in total. The zero-order valence-corrected chi connectivity index (χ0v) is 14.8. The van der Waals surface area contributed by atoms with Crippen LogP contribution in [0, 0.1) is 0 Å². The average Bonchev–Trinajstić information content (AvgIpc) is 3.15. The number of carbonyl (C=O) groups excluding carboxylic acids is 1. The van der Waals surface area contributed by atoms with Crippen LogP contribution >= 0.6 is 11.8 Å². The number of sulfonamides is 1. The van der Waals surface area contributed by atoms with Crippen molar-refractivity contribution in [1.29, 1.82) is 0 Å². The largest absolute Gasteiger partial charge is 0.359 e. The number of carbonyl (C=O) groups is 1. The Bertz CT molecular complexity index is 780. The first-order chi connectivity index (χ1) is 11.6. The molecule has 0 aromatic carbocycles. The molecule has 2 aromatic rings. The highest BCUT2D eigenvalue weighted by molar-refractivity contribution is 7.99. The van der Waals surface area contributed by atoms with Crippen molar-refractivity contribution in [1.82, 2.24) is 14.3 Å². The van der Waals surface area contributed by atoms with Crippen LogP contribution in [0.15, 0.2) is 46.6 Å². The zero-order chi connectivity index (χ0) is 17.0. The van der Waals surface area contributed by atoms with E-state index in [0.29, 0.717) is 23.8 Å². The molecule has 6 nitrogen and oxygen atoms in total. The summed E-state index contributed by atoms with van der Waals surface area (Å²) in [5.74, 6) is 0.239. The maximum Gasteiger partial charge on any atom is 0.244 e. The second-order valence-electron chi connectivity index (χ2n) is 5.59. The monoisotopic (exact) mass is 365 g/mol. The highest BCUT2D eigenvalue weighted by Gasteiger charge is 2.26. The molecule has 128 valence electrons. The molecule has 0 unspecified atom stereocenters. The summed E-state index contributed by atoms with van der Waals surface area (Å²) in [6.07, 6.45) is 5.97. The second-order valence-corrected chi connectivity index (χ2v) is 8.53. The number of hydrogen-bond acceptors (Lipinski definition) is 5. The standard InChI is InChI=1S/C16H19N3O3S2/c20-15(14-5-4-8-17-14)12-23-16-7-6-13(11-18-16)24(21,22)19-9-2-1-3-10-19/h4-8,11,17H,1-3,9-10,12H2. The molecule has 0 spiro atoms. The lowest BCUT2D eigenvalue weighted by Gasteiger charge is -2.25. The minimum Gasteiger partial charge on any atom is -0.359 e. The molecule has 1 aliphatic rings. The number of rotatable bonds is 6. The van der Waals surface area contributed by atoms with E-state index in [0.717, 1.165) is 19.3 Å². The van der Waals surface area contributed by atoms with Crippen molar-refractivity contribution in [2.45, 2.75) is 29.2 Å². The van der Waals surface area contributed by atoms with Crippen molar-refractivity contribution in [2.75, 3.05) is 18.8 Å². The molecule has 0 bridgehead atoms. The number of H-pyrrole nitrogens is 1. The Hall–Kier alpha value is -1.64. The van der Waals surface area contributed by atoms with Crippen LogP contribution in [0.4, 0.5) is 0 Å². The lowest BCUT2D eigenvalue weighted by Crippen LogP contribution is -2.35. The number of aromatic nitrogens is 2. The van der Waals surface area contributed by atoms with E-state index in [-0.39, 0.29) is 16.4 Å². The minimum absolute atomic E-state index is 0.0168. The van der Waals surface area contributed by atoms with Gasteiger partial charge in [0.05, 0.1) is 16.5 Å². The summed E-state index contributed by atoms with van der Waals surface area (Å²) in [5, 5.41) is 0.632. The van der Waals surface area contributed by atoms with Crippen molar-refractivity contribution >= 4 is 27.6 Å². The molecular formula is C16H19N3O3S2. The summed E-state index contributed by atoms with van der Waals surface area (Å²) >= 11 is 1.29. The van der Waals surface area contributed by atoms with Gasteiger partial charge in [-0.15, -0.1) is 0 Å². The van der Waals surface area contributed by atoms with Gasteiger partial charge in [0.1, 0.15) is 4.90 Å². The number of Topliss-reactive ketones (excluding diaryl/α,β-unsaturated/α-hetero) is 1. The number of hydrogen-bond donors (Lipinski definition) is 1. The molecular weight excluding hydrogens is 346 g/mol. The quantitative estimate of drug-likeness (QED) is 0.628. The summed E-state index contributed by atoms with van der Waals surface area (Å²) in [7, 11) is -3.46. The van der Waals surface area contributed by atoms with E-state index in [2.05, 4.69) is 9.97 Å². The normalized spacial score (nSPS) is 16.2. The van der Waals surface area contributed by atoms with E-state index < -0.39 is 10.0 Å². The predicted octanol–water partition coefficient (Wildman–Crippen LogP) is 2.56. The SMILES string of the molecule is O=C(CSc1ccc(S(=O)(=O)N2CCCCC2)cn1)c1ccc[nH]1. The molecule has 0 saturated carbocycles. The highest BCUT2D eigenvalue weighted by Crippen LogP contribution is 2.22. The Morgan fingerprint density at radius 1 is 1.21 bits per heavy atom. The van der Waals surface area contributed by atoms with Gasteiger partial charge in [0.2, 0.25) is 10.0 Å². The molecule has 24 heavy (non-hydrogen) atoms. The van der Waals surface area contributed by atoms with Crippen LogP contribution in [0.2, 0.25) is 0 Å². The van der Waals surface area contributed by atoms with Crippen molar-refractivity contribution < 1.29 is 13.2 Å². The van der Waals surface area contributed by atoms with Crippen LogP contribution in [0.25, 0.3) is 0 Å². The molecule has 0 atom stereocenters. The van der Waals surface area contributed by atoms with Gasteiger partial charge in [-0.2, -0.15) is 4.31 Å². The fourth-order valence-corrected chi connectivity index (χ4v) is 4.77. The van der Waals surface area contributed by atoms with Gasteiger partial charge in [-0.05, 0) is 37.1 Å². The van der Waals surface area contributed by atoms with Crippen molar-refractivity contribution in [3.63, 3.8) is 0 Å². The summed E-state index contributed by atoms with van der Waals surface area (Å²) in [6, 6.07) is 6.73. The number of thioether (sulfide) groups is 1. The van der Waals surface area contributed by atoms with Gasteiger partial charge in [-0.1, -0.05) is 18.2 Å². The van der Waals surface area contributed by atoms with Crippen LogP contribution in [0.3, 0.4) is 0 Å². The first-order valence-electron chi connectivity index (χ1n) is 7.83. The van der Waals surface area contributed by atoms with Gasteiger partial charge in [-0.25, -0.2) is 13.4 Å². The van der Waals surface area contributed by atoms with Gasteiger partial charge in [0.25, 0.3) is 0 Å². The molecule has 8 heteroatoms. The first kappa shape index (κ1) is 17.2. The Morgan fingerprint density at radius 3 is 2.62 bits per heavy atom. The molecule has 1 aliphatic heterocycles. The van der Waals surface area contributed by atoms with E-state index in [1.165, 1.54) is 22.3 Å². The average molecular weight is 365 g/mol. The Morgan fingerprint density at radius 2 is 2.00 bits per heavy atom. The van der Waals surface area contributed by atoms with Crippen LogP contribution in [-0.2, 0) is 10.0 Å². The Kier molecular flexibility index (Phi) is 5.37. The van der Waals surface area contributed by atoms with Crippen LogP contribution in [0.1, 0.15) is 29.8 Å². The number of aromatic amines is 1. The molecule has 1 saturated heterocycles. The van der Waals surface area contributed by atoms with Crippen LogP contribution < -0.4 is 0 Å². The number of pyridine rings is 1. The van der Waals surface area contributed by atoms with Gasteiger partial charge in [-0.3, -0.25) is 4.79 Å². The van der Waals surface area contributed by atoms with Gasteiger partial charge in [0.15, 0.2) is 5.78 Å². The summed E-state index contributed by atoms with van der Waals surface area (Å²) in [6.45, 7) is 1.15. The van der Waals surface area contributed by atoms with Gasteiger partial charge in [0, 0.05) is 25.5 Å². The van der Waals surface area contributed by atoms with Crippen molar-refractivity contribution in [3.8, 4) is 0 Å². The van der Waals surface area contributed by atoms with Crippen LogP contribution in [0.5, 0.6) is 0 Å². The number of nitrogens with zero attached hydrogens (tertiary/aromatic N) is 2. The summed E-state index contributed by atoms with van der Waals surface area (Å²) < 4.78 is 26.6. The van der Waals surface area contributed by atoms with E-state index in [4.69, 9.17) is 0 Å². The molecule has 3 rings (SSSR count). The maximum absolute atomic E-state index is 12.5. The molecule has 0 amide bonds. The lowest BCUT2D eigenvalue weighted by atomic mass is 10.2. The Balaban J connectivity index is 1.63. The fourth-order valence-electron chi connectivity index (χ4n) is 2.58. The van der Waals surface area contributed by atoms with Gasteiger partial charge < -0.3 is 4.98 Å². The molecule has 0 aliphatic carbocycles. The lowest BCUT2D eigenvalue weighted by molar-refractivity contribution is 0.101. The molecule has 1 fully saturated rings. The smallest absolute Gasteiger partial charge is 0.244 e. The second kappa shape index (κ2) is 7.50. The third-order valence-electron chi connectivity index (χ3n) is 3.91. The predicted molar refractivity (Wildman–Crippen MR) is 92.7 cm³/mol. The van der Waals surface area contributed by atoms with E-state index in [9.17, 15) is 13.2 Å². The highest BCUT2D eigenvalue weighted by atomic mass is 32.2. The number of piperidine rings is 1. The number of ketones is 1. The zero-order valence-electron chi connectivity index (χ0n) is 13.1. The topological polar surface area (TPSA) is 83.1 Å². The fraction of sp³-hybridized carbons (Fsp3) is 0.375. The first-order valence-corrected chi connectivity index (χ1v) is 10.3. The minimum atomic E-state index is -3.46. The van der Waals surface area contributed by atoms with E-state index >= 15 is 0 Å². The third-order valence-corrected chi connectivity index (χ3v) is 6.74. The third kappa shape index (κ3) is 3.88. The van der Waals surface area contributed by atoms with Crippen LogP contribution in [-0.4, -0.2) is 47.3 Å². The molecule has 3 heterocycles. The summed E-state index contributed by atoms with van der Waals surface area (Å²) in [5.41, 5.74) is 0.562. The molecule has 0 radical (unpaired) electrons. The van der Waals surface area contributed by atoms with E-state index in [1.807, 2.05) is 0 Å². The van der Waals surface area contributed by atoms with Crippen molar-refractivity contribution in [3.05, 3.63) is 42.4 Å². The Labute approximate surface area is 145 Å². The van der Waals surface area contributed by atoms with Gasteiger partial charge >= 0.3 is 0 Å². The number of nitrogens with one attached hydrogen (secondary N) is 1. The van der Waals surface area contributed by atoms with Crippen molar-refractivity contribution in [2.24, 2.45) is 0 Å². The summed E-state index contributed by atoms with van der Waals surface area (Å²) in [4.78, 5) is 19.2. The molecule has 2 aromatic heterocycles.